The Labute approximate surface area is 211 Å². The maximum atomic E-state index is 13.6. The molecule has 1 saturated carbocycles. The van der Waals surface area contributed by atoms with Gasteiger partial charge in [-0.3, -0.25) is 19.5 Å². The number of H-pyrrole nitrogens is 2. The smallest absolute Gasteiger partial charge is 0.261 e. The van der Waals surface area contributed by atoms with Gasteiger partial charge < -0.3 is 15.6 Å². The van der Waals surface area contributed by atoms with Gasteiger partial charge in [-0.2, -0.15) is 5.10 Å². The molecule has 11 heteroatoms. The number of hydrogen-bond donors (Lipinski definition) is 4. The number of sulfone groups is 1. The molecule has 2 aromatic carbocycles. The molecule has 2 amide bonds. The zero-order valence-electron chi connectivity index (χ0n) is 19.6. The maximum Gasteiger partial charge on any atom is 0.261 e. The maximum absolute atomic E-state index is 13.6. The number of amides is 2. The number of nitrogens with one attached hydrogen (secondary N) is 4. The molecular weight excluding hydrogens is 494 g/mol. The third-order valence-corrected chi connectivity index (χ3v) is 8.41. The predicted octanol–water partition coefficient (Wildman–Crippen LogP) is 2.96. The highest BCUT2D eigenvalue weighted by molar-refractivity contribution is 7.94. The van der Waals surface area contributed by atoms with Crippen LogP contribution in [0, 0.1) is 0 Å². The van der Waals surface area contributed by atoms with Crippen LogP contribution in [0.3, 0.4) is 0 Å². The van der Waals surface area contributed by atoms with Gasteiger partial charge in [0.2, 0.25) is 0 Å². The normalized spacial score (nSPS) is 18.6. The average Bonchev–Trinajstić information content (AvgIpc) is 3.42. The Balaban J connectivity index is 1.37. The lowest BCUT2D eigenvalue weighted by atomic mass is 9.77. The third-order valence-electron chi connectivity index (χ3n) is 7.02. The minimum Gasteiger partial charge on any atom is -0.345 e. The fourth-order valence-electron chi connectivity index (χ4n) is 4.88. The number of fused-ring (bicyclic) bond motifs is 2. The topological polar surface area (TPSA) is 154 Å². The van der Waals surface area contributed by atoms with Crippen molar-refractivity contribution in [3.63, 3.8) is 0 Å². The molecule has 1 aliphatic carbocycles. The summed E-state index contributed by atoms with van der Waals surface area (Å²) in [6, 6.07) is 9.83. The summed E-state index contributed by atoms with van der Waals surface area (Å²) in [5.41, 5.74) is 2.13. The van der Waals surface area contributed by atoms with E-state index in [-0.39, 0.29) is 23.1 Å². The third kappa shape index (κ3) is 4.31. The van der Waals surface area contributed by atoms with Gasteiger partial charge >= 0.3 is 0 Å². The summed E-state index contributed by atoms with van der Waals surface area (Å²) in [6.07, 6.45) is 6.06. The lowest BCUT2D eigenvalue weighted by Gasteiger charge is -2.28. The van der Waals surface area contributed by atoms with Crippen molar-refractivity contribution in [3.8, 4) is 0 Å². The van der Waals surface area contributed by atoms with E-state index in [1.165, 1.54) is 12.1 Å². The molecule has 1 atom stereocenters. The molecule has 0 saturated heterocycles. The second-order valence-electron chi connectivity index (χ2n) is 9.50. The van der Waals surface area contributed by atoms with Crippen LogP contribution in [0.4, 0.5) is 5.69 Å². The van der Waals surface area contributed by atoms with Crippen molar-refractivity contribution in [1.82, 2.24) is 20.5 Å². The van der Waals surface area contributed by atoms with Gasteiger partial charge in [0, 0.05) is 16.5 Å². The Morgan fingerprint density at radius 1 is 1.03 bits per heavy atom. The Bertz CT molecular complexity index is 1780. The van der Waals surface area contributed by atoms with Gasteiger partial charge in [0.15, 0.2) is 9.84 Å². The van der Waals surface area contributed by atoms with E-state index in [0.717, 1.165) is 41.1 Å². The van der Waals surface area contributed by atoms with E-state index < -0.39 is 27.3 Å². The number of aromatic amines is 2. The molecule has 1 aliphatic heterocycles. The van der Waals surface area contributed by atoms with Crippen molar-refractivity contribution in [2.24, 2.45) is 0 Å². The molecule has 37 heavy (non-hydrogen) atoms. The Hall–Kier alpha value is -4.25. The number of anilines is 1. The van der Waals surface area contributed by atoms with Gasteiger partial charge in [0.25, 0.3) is 17.4 Å². The second kappa shape index (κ2) is 8.70. The molecule has 0 unspecified atom stereocenters. The molecule has 2 aromatic heterocycles. The number of benzene rings is 2. The van der Waals surface area contributed by atoms with E-state index in [1.807, 2.05) is 12.1 Å². The highest BCUT2D eigenvalue weighted by atomic mass is 32.2. The number of nitrogens with zero attached hydrogens (tertiary/aromatic N) is 1. The number of rotatable bonds is 5. The summed E-state index contributed by atoms with van der Waals surface area (Å²) in [4.78, 5) is 42.1. The lowest BCUT2D eigenvalue weighted by molar-refractivity contribution is 0.0945. The summed E-state index contributed by atoms with van der Waals surface area (Å²) in [6.45, 7) is 0. The Kier molecular flexibility index (Phi) is 5.45. The largest absolute Gasteiger partial charge is 0.345 e. The molecular formula is C26H23N5O5S. The molecule has 2 aliphatic rings. The Morgan fingerprint density at radius 2 is 1.84 bits per heavy atom. The molecule has 188 valence electrons. The first-order valence-corrected chi connectivity index (χ1v) is 13.7. The SMILES string of the molecule is O=C(N[C@@H]1C=CS(=O)(=O)C1)c1cc2ccc(C3CCC3)c(C(=O)Nc3ccc4cn[nH]c4c3)c2[nH]c1=O. The van der Waals surface area contributed by atoms with Crippen LogP contribution in [0.25, 0.3) is 21.8 Å². The van der Waals surface area contributed by atoms with Crippen LogP contribution in [-0.2, 0) is 9.84 Å². The van der Waals surface area contributed by atoms with Crippen LogP contribution in [-0.4, -0.2) is 47.2 Å². The van der Waals surface area contributed by atoms with Crippen LogP contribution in [0.5, 0.6) is 0 Å². The van der Waals surface area contributed by atoms with E-state index in [2.05, 4.69) is 25.8 Å². The van der Waals surface area contributed by atoms with E-state index >= 15 is 0 Å². The highest BCUT2D eigenvalue weighted by Gasteiger charge is 2.28. The highest BCUT2D eigenvalue weighted by Crippen LogP contribution is 2.40. The predicted molar refractivity (Wildman–Crippen MR) is 139 cm³/mol. The van der Waals surface area contributed by atoms with Crippen LogP contribution in [0.15, 0.2) is 58.9 Å². The summed E-state index contributed by atoms with van der Waals surface area (Å²) >= 11 is 0. The molecule has 4 N–H and O–H groups in total. The van der Waals surface area contributed by atoms with Crippen molar-refractivity contribution in [2.75, 3.05) is 11.1 Å². The lowest BCUT2D eigenvalue weighted by Crippen LogP contribution is -2.38. The number of carbonyl (C=O) groups is 2. The van der Waals surface area contributed by atoms with Gasteiger partial charge in [-0.25, -0.2) is 8.42 Å². The molecule has 3 heterocycles. The minimum absolute atomic E-state index is 0.155. The van der Waals surface area contributed by atoms with Crippen molar-refractivity contribution in [1.29, 1.82) is 0 Å². The number of carbonyl (C=O) groups excluding carboxylic acids is 2. The monoisotopic (exact) mass is 517 g/mol. The molecule has 6 rings (SSSR count). The van der Waals surface area contributed by atoms with Crippen molar-refractivity contribution < 1.29 is 18.0 Å². The number of pyridine rings is 1. The van der Waals surface area contributed by atoms with Crippen LogP contribution in [0.2, 0.25) is 0 Å². The zero-order chi connectivity index (χ0) is 25.7. The second-order valence-corrected chi connectivity index (χ2v) is 11.4. The Morgan fingerprint density at radius 3 is 2.57 bits per heavy atom. The fraction of sp³-hybridized carbons (Fsp3) is 0.231. The standard InChI is InChI=1S/C26H23N5O5S/c32-24(29-18-8-9-37(35,36)13-18)20-10-15-5-7-19(14-2-1-3-14)22(23(15)30-25(20)33)26(34)28-17-6-4-16-12-27-31-21(16)11-17/h4-12,14,18H,1-3,13H2,(H,27,31)(H,28,34)(H,29,32)(H,30,33)/t18-/m1/s1. The van der Waals surface area contributed by atoms with E-state index in [4.69, 9.17) is 0 Å². The van der Waals surface area contributed by atoms with Crippen molar-refractivity contribution in [3.05, 3.63) is 81.1 Å². The quantitative estimate of drug-likeness (QED) is 0.319. The van der Waals surface area contributed by atoms with Gasteiger partial charge in [-0.1, -0.05) is 18.6 Å². The summed E-state index contributed by atoms with van der Waals surface area (Å²) in [5.74, 6) is -1.08. The van der Waals surface area contributed by atoms with Gasteiger partial charge in [0.1, 0.15) is 5.56 Å². The first-order valence-electron chi connectivity index (χ1n) is 11.9. The van der Waals surface area contributed by atoms with Crippen LogP contribution in [0.1, 0.15) is 51.5 Å². The van der Waals surface area contributed by atoms with E-state index in [1.54, 1.807) is 24.4 Å². The zero-order valence-corrected chi connectivity index (χ0v) is 20.4. The van der Waals surface area contributed by atoms with Crippen LogP contribution >= 0.6 is 0 Å². The van der Waals surface area contributed by atoms with Gasteiger partial charge in [-0.15, -0.1) is 0 Å². The van der Waals surface area contributed by atoms with Crippen LogP contribution < -0.4 is 16.2 Å². The van der Waals surface area contributed by atoms with Gasteiger partial charge in [0.05, 0.1) is 34.6 Å². The molecule has 10 nitrogen and oxygen atoms in total. The molecule has 0 bridgehead atoms. The first kappa shape index (κ1) is 23.2. The summed E-state index contributed by atoms with van der Waals surface area (Å²) < 4.78 is 23.3. The van der Waals surface area contributed by atoms with E-state index in [9.17, 15) is 22.8 Å². The molecule has 0 spiro atoms. The summed E-state index contributed by atoms with van der Waals surface area (Å²) in [5, 5.41) is 14.9. The molecule has 1 fully saturated rings. The first-order chi connectivity index (χ1) is 17.8. The average molecular weight is 518 g/mol. The summed E-state index contributed by atoms with van der Waals surface area (Å²) in [7, 11) is -3.36. The van der Waals surface area contributed by atoms with E-state index in [0.29, 0.717) is 22.2 Å². The molecule has 0 radical (unpaired) electrons. The number of hydrogen-bond acceptors (Lipinski definition) is 6. The molecule has 4 aromatic rings. The van der Waals surface area contributed by atoms with Crippen molar-refractivity contribution >= 4 is 49.1 Å². The van der Waals surface area contributed by atoms with Gasteiger partial charge in [-0.05, 0) is 60.1 Å². The minimum atomic E-state index is -3.36. The van der Waals surface area contributed by atoms with Crippen molar-refractivity contribution in [2.45, 2.75) is 31.2 Å². The fourth-order valence-corrected chi connectivity index (χ4v) is 6.12. The number of aromatic nitrogens is 3.